The van der Waals surface area contributed by atoms with Crippen molar-refractivity contribution in [1.82, 2.24) is 9.66 Å². The molecule has 0 saturated heterocycles. The summed E-state index contributed by atoms with van der Waals surface area (Å²) < 4.78 is 14.0. The molecule has 0 bridgehead atoms. The van der Waals surface area contributed by atoms with Crippen LogP contribution in [0.3, 0.4) is 0 Å². The number of halogens is 1. The summed E-state index contributed by atoms with van der Waals surface area (Å²) in [5.41, 5.74) is 3.18. The molecule has 0 aliphatic rings. The minimum Gasteiger partial charge on any atom is -0.493 e. The monoisotopic (exact) mass is 531 g/mol. The van der Waals surface area contributed by atoms with E-state index >= 15 is 0 Å². The van der Waals surface area contributed by atoms with Crippen LogP contribution in [0.15, 0.2) is 87.7 Å². The van der Waals surface area contributed by atoms with E-state index in [9.17, 15) is 4.79 Å². The minimum atomic E-state index is -0.217. The van der Waals surface area contributed by atoms with Crippen molar-refractivity contribution in [2.45, 2.75) is 26.4 Å². The van der Waals surface area contributed by atoms with Crippen LogP contribution in [0.1, 0.15) is 29.4 Å². The average molecular weight is 532 g/mol. The lowest BCUT2D eigenvalue weighted by molar-refractivity contribution is 0.282. The first kappa shape index (κ1) is 24.4. The van der Waals surface area contributed by atoms with Crippen LogP contribution in [0.4, 0.5) is 0 Å². The highest BCUT2D eigenvalue weighted by molar-refractivity contribution is 9.10. The number of fused-ring (bicyclic) bond motifs is 1. The molecular formula is C28H26BrN3O3. The zero-order chi connectivity index (χ0) is 24.8. The molecule has 35 heavy (non-hydrogen) atoms. The first-order valence-corrected chi connectivity index (χ1v) is 12.1. The van der Waals surface area contributed by atoms with Gasteiger partial charge in [-0.05, 0) is 47.9 Å². The Hall–Kier alpha value is -3.71. The van der Waals surface area contributed by atoms with E-state index in [2.05, 4.69) is 32.6 Å². The van der Waals surface area contributed by atoms with Crippen molar-refractivity contribution in [2.75, 3.05) is 7.11 Å². The lowest BCUT2D eigenvalue weighted by atomic mass is 10.1. The van der Waals surface area contributed by atoms with Crippen LogP contribution in [0.2, 0.25) is 0 Å². The summed E-state index contributed by atoms with van der Waals surface area (Å²) in [5, 5.41) is 5.01. The van der Waals surface area contributed by atoms with Gasteiger partial charge >= 0.3 is 0 Å². The third kappa shape index (κ3) is 5.52. The van der Waals surface area contributed by atoms with Crippen LogP contribution in [-0.2, 0) is 19.4 Å². The maximum atomic E-state index is 13.2. The molecule has 0 amide bonds. The molecule has 0 aliphatic carbocycles. The summed E-state index contributed by atoms with van der Waals surface area (Å²) >= 11 is 3.43. The molecule has 4 aromatic rings. The van der Waals surface area contributed by atoms with Gasteiger partial charge in [-0.25, -0.2) is 4.98 Å². The van der Waals surface area contributed by atoms with E-state index in [1.165, 1.54) is 4.68 Å². The Labute approximate surface area is 212 Å². The predicted octanol–water partition coefficient (Wildman–Crippen LogP) is 5.92. The number of allylic oxidation sites excluding steroid dienone is 1. The number of benzene rings is 3. The van der Waals surface area contributed by atoms with Gasteiger partial charge in [0.15, 0.2) is 11.5 Å². The molecule has 6 nitrogen and oxygen atoms in total. The van der Waals surface area contributed by atoms with Gasteiger partial charge in [-0.2, -0.15) is 9.78 Å². The predicted molar refractivity (Wildman–Crippen MR) is 144 cm³/mol. The molecule has 0 N–H and O–H groups in total. The van der Waals surface area contributed by atoms with Crippen molar-refractivity contribution < 1.29 is 9.47 Å². The molecule has 0 atom stereocenters. The summed E-state index contributed by atoms with van der Waals surface area (Å²) in [5.74, 6) is 1.84. The zero-order valence-corrected chi connectivity index (χ0v) is 21.3. The highest BCUT2D eigenvalue weighted by atomic mass is 79.9. The van der Waals surface area contributed by atoms with Gasteiger partial charge in [-0.3, -0.25) is 4.79 Å². The first-order valence-electron chi connectivity index (χ1n) is 11.3. The Bertz CT molecular complexity index is 1450. The Kier molecular flexibility index (Phi) is 7.77. The SMILES string of the molecule is C=CCc1cc(C=Nn2c(CC)nc3ccc(Br)cc3c2=O)cc(OC)c1OCc1ccccc1. The summed E-state index contributed by atoms with van der Waals surface area (Å²) in [6, 6.07) is 19.2. The molecule has 0 aliphatic heterocycles. The van der Waals surface area contributed by atoms with E-state index in [1.54, 1.807) is 19.4 Å². The van der Waals surface area contributed by atoms with E-state index in [0.29, 0.717) is 47.7 Å². The van der Waals surface area contributed by atoms with E-state index in [-0.39, 0.29) is 5.56 Å². The van der Waals surface area contributed by atoms with Crippen molar-refractivity contribution in [3.63, 3.8) is 0 Å². The molecule has 7 heteroatoms. The second-order valence-electron chi connectivity index (χ2n) is 7.88. The van der Waals surface area contributed by atoms with Gasteiger partial charge in [0, 0.05) is 16.5 Å². The minimum absolute atomic E-state index is 0.217. The number of nitrogens with zero attached hydrogens (tertiary/aromatic N) is 3. The molecule has 0 saturated carbocycles. The summed E-state index contributed by atoms with van der Waals surface area (Å²) in [7, 11) is 1.61. The molecule has 0 radical (unpaired) electrons. The number of rotatable bonds is 9. The van der Waals surface area contributed by atoms with Crippen LogP contribution in [0.5, 0.6) is 11.5 Å². The van der Waals surface area contributed by atoms with Gasteiger partial charge in [0.05, 0.1) is 24.2 Å². The summed E-state index contributed by atoms with van der Waals surface area (Å²) in [6.45, 7) is 6.24. The van der Waals surface area contributed by atoms with Gasteiger partial charge in [-0.1, -0.05) is 59.3 Å². The molecule has 178 valence electrons. The van der Waals surface area contributed by atoms with Gasteiger partial charge in [-0.15, -0.1) is 6.58 Å². The molecule has 4 rings (SSSR count). The van der Waals surface area contributed by atoms with E-state index in [1.807, 2.05) is 67.6 Å². The standard InChI is InChI=1S/C28H26BrN3O3/c1-4-9-21-14-20(15-25(34-3)27(21)35-18-19-10-7-6-8-11-19)17-30-32-26(5-2)31-24-13-12-22(29)16-23(24)28(32)33/h4,6-8,10-17H,1,5,9,18H2,2-3H3. The second kappa shape index (κ2) is 11.1. The Morgan fingerprint density at radius 3 is 2.66 bits per heavy atom. The van der Waals surface area contributed by atoms with E-state index in [4.69, 9.17) is 9.47 Å². The maximum absolute atomic E-state index is 13.2. The summed E-state index contributed by atoms with van der Waals surface area (Å²) in [4.78, 5) is 17.8. The number of methoxy groups -OCH3 is 1. The Morgan fingerprint density at radius 1 is 1.14 bits per heavy atom. The topological polar surface area (TPSA) is 65.7 Å². The zero-order valence-electron chi connectivity index (χ0n) is 19.7. The fourth-order valence-corrected chi connectivity index (χ4v) is 4.14. The summed E-state index contributed by atoms with van der Waals surface area (Å²) in [6.07, 6.45) is 4.61. The molecule has 3 aromatic carbocycles. The second-order valence-corrected chi connectivity index (χ2v) is 8.80. The van der Waals surface area contributed by atoms with Crippen LogP contribution in [0, 0.1) is 0 Å². The molecule has 0 fully saturated rings. The van der Waals surface area contributed by atoms with Gasteiger partial charge in [0.2, 0.25) is 0 Å². The maximum Gasteiger partial charge on any atom is 0.282 e. The van der Waals surface area contributed by atoms with Crippen molar-refractivity contribution in [2.24, 2.45) is 5.10 Å². The van der Waals surface area contributed by atoms with Crippen LogP contribution in [-0.4, -0.2) is 23.0 Å². The number of hydrogen-bond acceptors (Lipinski definition) is 5. The number of aromatic nitrogens is 2. The van der Waals surface area contributed by atoms with Gasteiger partial charge in [0.1, 0.15) is 12.4 Å². The lowest BCUT2D eigenvalue weighted by Crippen LogP contribution is -2.22. The highest BCUT2D eigenvalue weighted by Crippen LogP contribution is 2.34. The van der Waals surface area contributed by atoms with Crippen molar-refractivity contribution in [1.29, 1.82) is 0 Å². The Balaban J connectivity index is 1.72. The Morgan fingerprint density at radius 2 is 1.94 bits per heavy atom. The molecule has 0 unspecified atom stereocenters. The number of ether oxygens (including phenoxy) is 2. The van der Waals surface area contributed by atoms with E-state index in [0.717, 1.165) is 21.2 Å². The lowest BCUT2D eigenvalue weighted by Gasteiger charge is -2.16. The van der Waals surface area contributed by atoms with Crippen LogP contribution >= 0.6 is 15.9 Å². The smallest absolute Gasteiger partial charge is 0.282 e. The van der Waals surface area contributed by atoms with Crippen molar-refractivity contribution >= 4 is 33.0 Å². The number of aryl methyl sites for hydroxylation is 1. The molecule has 0 spiro atoms. The third-order valence-electron chi connectivity index (χ3n) is 5.48. The van der Waals surface area contributed by atoms with Gasteiger partial charge in [0.25, 0.3) is 5.56 Å². The van der Waals surface area contributed by atoms with E-state index < -0.39 is 0 Å². The van der Waals surface area contributed by atoms with Crippen LogP contribution < -0.4 is 15.0 Å². The van der Waals surface area contributed by atoms with Crippen molar-refractivity contribution in [3.05, 3.63) is 111 Å². The quantitative estimate of drug-likeness (QED) is 0.198. The molecule has 1 heterocycles. The third-order valence-corrected chi connectivity index (χ3v) is 5.97. The highest BCUT2D eigenvalue weighted by Gasteiger charge is 2.14. The fourth-order valence-electron chi connectivity index (χ4n) is 3.78. The molecular weight excluding hydrogens is 506 g/mol. The first-order chi connectivity index (χ1) is 17.0. The molecule has 1 aromatic heterocycles. The van der Waals surface area contributed by atoms with Crippen LogP contribution in [0.25, 0.3) is 10.9 Å². The largest absolute Gasteiger partial charge is 0.493 e. The fraction of sp³-hybridized carbons (Fsp3) is 0.179. The van der Waals surface area contributed by atoms with Crippen molar-refractivity contribution in [3.8, 4) is 11.5 Å². The average Bonchev–Trinajstić information content (AvgIpc) is 2.88. The number of hydrogen-bond donors (Lipinski definition) is 0. The van der Waals surface area contributed by atoms with Gasteiger partial charge < -0.3 is 9.47 Å². The normalized spacial score (nSPS) is 11.2.